The van der Waals surface area contributed by atoms with Crippen molar-refractivity contribution in [3.8, 4) is 0 Å². The second-order valence-electron chi connectivity index (χ2n) is 1.44. The summed E-state index contributed by atoms with van der Waals surface area (Å²) in [7, 11) is 0. The number of nitrogens with two attached hydrogens (primary N) is 2. The standard InChI is InChI=1S/C3H8N2O4/c4-2(5)1(6)3(7,8)9/h6-9H,4-5H2. The van der Waals surface area contributed by atoms with Gasteiger partial charge in [-0.05, 0) is 0 Å². The van der Waals surface area contributed by atoms with Gasteiger partial charge in [-0.15, -0.1) is 0 Å². The number of hydrogen-bond acceptors (Lipinski definition) is 6. The molecule has 0 heterocycles. The highest BCUT2D eigenvalue weighted by Gasteiger charge is 2.26. The molecule has 6 heteroatoms. The Morgan fingerprint density at radius 2 is 1.44 bits per heavy atom. The lowest BCUT2D eigenvalue weighted by atomic mass is 10.4. The van der Waals surface area contributed by atoms with Gasteiger partial charge in [-0.1, -0.05) is 0 Å². The van der Waals surface area contributed by atoms with Gasteiger partial charge in [0.05, 0.1) is 0 Å². The monoisotopic (exact) mass is 136 g/mol. The Kier molecular flexibility index (Phi) is 1.87. The highest BCUT2D eigenvalue weighted by Crippen LogP contribution is 2.04. The van der Waals surface area contributed by atoms with Crippen molar-refractivity contribution in [3.63, 3.8) is 0 Å². The topological polar surface area (TPSA) is 133 Å². The fourth-order valence-corrected chi connectivity index (χ4v) is 0.194. The molecule has 9 heavy (non-hydrogen) atoms. The maximum atomic E-state index is 8.34. The number of hydrogen-bond donors (Lipinski definition) is 6. The van der Waals surface area contributed by atoms with Gasteiger partial charge in [-0.2, -0.15) is 0 Å². The van der Waals surface area contributed by atoms with Gasteiger partial charge >= 0.3 is 5.97 Å². The van der Waals surface area contributed by atoms with Crippen molar-refractivity contribution in [2.45, 2.75) is 5.97 Å². The molecular formula is C3H8N2O4. The summed E-state index contributed by atoms with van der Waals surface area (Å²) in [5.74, 6) is -5.36. The van der Waals surface area contributed by atoms with Crippen LogP contribution in [0.4, 0.5) is 0 Å². The van der Waals surface area contributed by atoms with E-state index in [1.807, 2.05) is 0 Å². The molecule has 0 aliphatic rings. The molecule has 0 aromatic heterocycles. The van der Waals surface area contributed by atoms with E-state index < -0.39 is 17.6 Å². The number of aliphatic hydroxyl groups excluding tert-OH is 1. The van der Waals surface area contributed by atoms with Gasteiger partial charge in [0.2, 0.25) is 5.76 Å². The number of aliphatic hydroxyl groups is 4. The molecule has 0 spiro atoms. The van der Waals surface area contributed by atoms with Gasteiger partial charge in [0.25, 0.3) is 0 Å². The van der Waals surface area contributed by atoms with E-state index in [4.69, 9.17) is 20.4 Å². The third kappa shape index (κ3) is 2.17. The lowest BCUT2D eigenvalue weighted by molar-refractivity contribution is -0.299. The molecule has 54 valence electrons. The van der Waals surface area contributed by atoms with Crippen LogP contribution in [0.25, 0.3) is 0 Å². The van der Waals surface area contributed by atoms with Crippen LogP contribution >= 0.6 is 0 Å². The van der Waals surface area contributed by atoms with Crippen LogP contribution in [0.1, 0.15) is 0 Å². The zero-order valence-corrected chi connectivity index (χ0v) is 4.44. The van der Waals surface area contributed by atoms with Crippen molar-refractivity contribution < 1.29 is 20.4 Å². The summed E-state index contributed by atoms with van der Waals surface area (Å²) >= 11 is 0. The summed E-state index contributed by atoms with van der Waals surface area (Å²) < 4.78 is 0. The van der Waals surface area contributed by atoms with E-state index >= 15 is 0 Å². The van der Waals surface area contributed by atoms with E-state index in [0.717, 1.165) is 0 Å². The lowest BCUT2D eigenvalue weighted by Crippen LogP contribution is -2.34. The maximum Gasteiger partial charge on any atom is 0.341 e. The van der Waals surface area contributed by atoms with Crippen LogP contribution in [-0.4, -0.2) is 26.4 Å². The van der Waals surface area contributed by atoms with Crippen molar-refractivity contribution >= 4 is 0 Å². The molecule has 0 aromatic rings. The molecule has 0 saturated heterocycles. The minimum atomic E-state index is -3.33. The fraction of sp³-hybridized carbons (Fsp3) is 0.333. The Morgan fingerprint density at radius 1 is 1.11 bits per heavy atom. The Labute approximate surface area is 50.6 Å². The van der Waals surface area contributed by atoms with Crippen LogP contribution < -0.4 is 11.5 Å². The first-order chi connectivity index (χ1) is 3.85. The fourth-order valence-electron chi connectivity index (χ4n) is 0.194. The van der Waals surface area contributed by atoms with E-state index in [0.29, 0.717) is 0 Å². The van der Waals surface area contributed by atoms with Crippen molar-refractivity contribution in [3.05, 3.63) is 11.6 Å². The molecule has 0 aliphatic carbocycles. The molecule has 0 rings (SSSR count). The zero-order chi connectivity index (χ0) is 7.65. The van der Waals surface area contributed by atoms with Gasteiger partial charge in [-0.3, -0.25) is 0 Å². The van der Waals surface area contributed by atoms with E-state index in [1.165, 1.54) is 0 Å². The minimum Gasteiger partial charge on any atom is -0.502 e. The highest BCUT2D eigenvalue weighted by atomic mass is 16.7. The Balaban J connectivity index is 4.40. The summed E-state index contributed by atoms with van der Waals surface area (Å²) in [5, 5.41) is 32.6. The van der Waals surface area contributed by atoms with Crippen molar-refractivity contribution in [2.75, 3.05) is 0 Å². The van der Waals surface area contributed by atoms with Gasteiger partial charge in [0.1, 0.15) is 5.82 Å². The molecule has 0 amide bonds. The normalized spacial score (nSPS) is 11.0. The van der Waals surface area contributed by atoms with Gasteiger partial charge in [-0.25, -0.2) is 0 Å². The molecule has 0 aliphatic heterocycles. The smallest absolute Gasteiger partial charge is 0.341 e. The van der Waals surface area contributed by atoms with Crippen LogP contribution in [0.5, 0.6) is 0 Å². The maximum absolute atomic E-state index is 8.34. The van der Waals surface area contributed by atoms with Crippen LogP contribution in [0.3, 0.4) is 0 Å². The first-order valence-corrected chi connectivity index (χ1v) is 1.97. The molecule has 0 fully saturated rings. The molecule has 0 unspecified atom stereocenters. The average molecular weight is 136 g/mol. The van der Waals surface area contributed by atoms with Crippen LogP contribution in [0.2, 0.25) is 0 Å². The SMILES string of the molecule is NC(N)=C(O)C(O)(O)O. The predicted molar refractivity (Wildman–Crippen MR) is 27.4 cm³/mol. The molecule has 0 aromatic carbocycles. The van der Waals surface area contributed by atoms with E-state index in [1.54, 1.807) is 0 Å². The van der Waals surface area contributed by atoms with Gasteiger partial charge in [0, 0.05) is 0 Å². The predicted octanol–water partition coefficient (Wildman–Crippen LogP) is -2.74. The van der Waals surface area contributed by atoms with Crippen LogP contribution in [-0.2, 0) is 0 Å². The first-order valence-electron chi connectivity index (χ1n) is 1.97. The third-order valence-electron chi connectivity index (χ3n) is 0.591. The molecule has 8 N–H and O–H groups in total. The highest BCUT2D eigenvalue weighted by molar-refractivity contribution is 5.03. The summed E-state index contributed by atoms with van der Waals surface area (Å²) in [5.41, 5.74) is 9.30. The lowest BCUT2D eigenvalue weighted by Gasteiger charge is -2.12. The zero-order valence-electron chi connectivity index (χ0n) is 4.44. The van der Waals surface area contributed by atoms with E-state index in [-0.39, 0.29) is 0 Å². The van der Waals surface area contributed by atoms with Gasteiger partial charge < -0.3 is 31.9 Å². The Morgan fingerprint density at radius 3 is 1.44 bits per heavy atom. The summed E-state index contributed by atoms with van der Waals surface area (Å²) in [6, 6.07) is 0. The quantitative estimate of drug-likeness (QED) is 0.171. The second-order valence-corrected chi connectivity index (χ2v) is 1.44. The molecule has 0 bridgehead atoms. The largest absolute Gasteiger partial charge is 0.502 e. The van der Waals surface area contributed by atoms with Gasteiger partial charge in [0.15, 0.2) is 0 Å². The van der Waals surface area contributed by atoms with Crippen LogP contribution in [0, 0.1) is 0 Å². The van der Waals surface area contributed by atoms with Crippen molar-refractivity contribution in [2.24, 2.45) is 11.5 Å². The summed E-state index contributed by atoms with van der Waals surface area (Å²) in [6.07, 6.45) is 0. The van der Waals surface area contributed by atoms with Crippen molar-refractivity contribution in [1.82, 2.24) is 0 Å². The Bertz CT molecular complexity index is 131. The van der Waals surface area contributed by atoms with Crippen LogP contribution in [0.15, 0.2) is 11.6 Å². The molecule has 0 saturated carbocycles. The Hall–Kier alpha value is -0.980. The average Bonchev–Trinajstić information content (AvgIpc) is 1.62. The molecule has 0 atom stereocenters. The molecule has 6 nitrogen and oxygen atoms in total. The first kappa shape index (κ1) is 8.02. The number of rotatable bonds is 1. The second kappa shape index (κ2) is 2.09. The van der Waals surface area contributed by atoms with Crippen molar-refractivity contribution in [1.29, 1.82) is 0 Å². The summed E-state index contributed by atoms with van der Waals surface area (Å²) in [6.45, 7) is 0. The third-order valence-corrected chi connectivity index (χ3v) is 0.591. The molecular weight excluding hydrogens is 128 g/mol. The minimum absolute atomic E-state index is 0.748. The molecule has 0 radical (unpaired) electrons. The summed E-state index contributed by atoms with van der Waals surface area (Å²) in [4.78, 5) is 0. The van der Waals surface area contributed by atoms with E-state index in [9.17, 15) is 0 Å². The van der Waals surface area contributed by atoms with E-state index in [2.05, 4.69) is 11.5 Å².